The van der Waals surface area contributed by atoms with Crippen LogP contribution in [0.25, 0.3) is 11.2 Å². The van der Waals surface area contributed by atoms with Gasteiger partial charge >= 0.3 is 0 Å². The summed E-state index contributed by atoms with van der Waals surface area (Å²) in [4.78, 5) is 13.0. The number of aryl methyl sites for hydroxylation is 1. The topological polar surface area (TPSA) is 152 Å². The third kappa shape index (κ3) is 2.92. The number of aliphatic hydroxyl groups is 3. The van der Waals surface area contributed by atoms with Crippen molar-refractivity contribution in [2.75, 3.05) is 17.7 Å². The molecule has 0 amide bonds. The molecule has 10 heteroatoms. The van der Waals surface area contributed by atoms with E-state index in [9.17, 15) is 15.3 Å². The summed E-state index contributed by atoms with van der Waals surface area (Å²) in [5, 5.41) is 33.2. The van der Waals surface area contributed by atoms with Gasteiger partial charge in [0.2, 0.25) is 5.95 Å². The minimum Gasteiger partial charge on any atom is -0.394 e. The number of nitrogens with zero attached hydrogens (tertiary/aromatic N) is 4. The quantitative estimate of drug-likeness (QED) is 0.412. The SMILES string of the molecule is Nc1nc(N[C@@H]2CCc3ccccc32)c2ncn([C@@H]3O[C@H](CO)[C@H](O)[C@@H]3O)c2n1. The van der Waals surface area contributed by atoms with Crippen molar-refractivity contribution in [3.8, 4) is 0 Å². The molecule has 0 unspecified atom stereocenters. The summed E-state index contributed by atoms with van der Waals surface area (Å²) in [6, 6.07) is 8.35. The summed E-state index contributed by atoms with van der Waals surface area (Å²) in [6.07, 6.45) is -0.907. The van der Waals surface area contributed by atoms with Crippen LogP contribution < -0.4 is 11.1 Å². The van der Waals surface area contributed by atoms with Gasteiger partial charge in [-0.25, -0.2) is 4.98 Å². The van der Waals surface area contributed by atoms with Crippen molar-refractivity contribution in [1.82, 2.24) is 19.5 Å². The molecule has 1 aliphatic heterocycles. The largest absolute Gasteiger partial charge is 0.394 e. The molecule has 2 aliphatic rings. The Morgan fingerprint density at radius 3 is 2.83 bits per heavy atom. The Bertz CT molecular complexity index is 1060. The molecule has 3 heterocycles. The number of nitrogen functional groups attached to an aromatic ring is 1. The molecule has 0 radical (unpaired) electrons. The summed E-state index contributed by atoms with van der Waals surface area (Å²) in [6.45, 7) is -0.410. The number of anilines is 2. The lowest BCUT2D eigenvalue weighted by Gasteiger charge is -2.18. The molecule has 5 atom stereocenters. The van der Waals surface area contributed by atoms with Crippen molar-refractivity contribution in [2.45, 2.75) is 43.4 Å². The van der Waals surface area contributed by atoms with Crippen LogP contribution in [0.1, 0.15) is 29.8 Å². The maximum absolute atomic E-state index is 10.3. The van der Waals surface area contributed by atoms with Crippen LogP contribution in [0.4, 0.5) is 11.8 Å². The predicted molar refractivity (Wildman–Crippen MR) is 104 cm³/mol. The number of hydrogen-bond acceptors (Lipinski definition) is 9. The highest BCUT2D eigenvalue weighted by Gasteiger charge is 2.44. The van der Waals surface area contributed by atoms with Crippen molar-refractivity contribution in [3.63, 3.8) is 0 Å². The first-order valence-corrected chi connectivity index (χ1v) is 9.53. The molecule has 0 spiro atoms. The summed E-state index contributed by atoms with van der Waals surface area (Å²) in [5.41, 5.74) is 9.33. The maximum atomic E-state index is 10.3. The molecule has 6 N–H and O–H groups in total. The third-order valence-corrected chi connectivity index (χ3v) is 5.67. The molecule has 0 saturated carbocycles. The van der Waals surface area contributed by atoms with Gasteiger partial charge in [-0.1, -0.05) is 24.3 Å². The van der Waals surface area contributed by atoms with Crippen LogP contribution in [0.2, 0.25) is 0 Å². The van der Waals surface area contributed by atoms with E-state index in [2.05, 4.69) is 32.4 Å². The van der Waals surface area contributed by atoms with E-state index in [4.69, 9.17) is 10.5 Å². The molecule has 1 fully saturated rings. The van der Waals surface area contributed by atoms with Crippen LogP contribution in [-0.4, -0.2) is 59.8 Å². The van der Waals surface area contributed by atoms with Crippen LogP contribution >= 0.6 is 0 Å². The molecule has 2 aromatic heterocycles. The van der Waals surface area contributed by atoms with Crippen molar-refractivity contribution in [1.29, 1.82) is 0 Å². The Morgan fingerprint density at radius 1 is 1.21 bits per heavy atom. The van der Waals surface area contributed by atoms with Crippen LogP contribution in [0.15, 0.2) is 30.6 Å². The molecule has 1 aliphatic carbocycles. The normalized spacial score (nSPS) is 28.7. The van der Waals surface area contributed by atoms with Gasteiger partial charge in [0.1, 0.15) is 18.3 Å². The number of aromatic nitrogens is 4. The highest BCUT2D eigenvalue weighted by molar-refractivity contribution is 5.84. The number of nitrogens with one attached hydrogen (secondary N) is 1. The minimum atomic E-state index is -1.24. The standard InChI is InChI=1S/C19H22N6O4/c20-19-23-16(22-11-6-5-9-3-1-2-4-10(9)11)13-17(24-19)25(8-21-13)18-15(28)14(27)12(7-26)29-18/h1-4,8,11-12,14-15,18,26-28H,5-7H2,(H3,20,22,23,24)/t11-,12-,14+,15+,18-/m1/s1. The second-order valence-electron chi connectivity index (χ2n) is 7.42. The first-order chi connectivity index (χ1) is 14.1. The van der Waals surface area contributed by atoms with Crippen molar-refractivity contribution in [3.05, 3.63) is 41.7 Å². The lowest BCUT2D eigenvalue weighted by atomic mass is 10.1. The number of imidazole rings is 1. The second kappa shape index (κ2) is 6.92. The first kappa shape index (κ1) is 18.3. The smallest absolute Gasteiger partial charge is 0.224 e. The van der Waals surface area contributed by atoms with Crippen LogP contribution in [0, 0.1) is 0 Å². The van der Waals surface area contributed by atoms with Crippen molar-refractivity contribution >= 4 is 22.9 Å². The van der Waals surface area contributed by atoms with E-state index in [0.29, 0.717) is 17.0 Å². The number of nitrogens with two attached hydrogens (primary N) is 1. The Hall–Kier alpha value is -2.79. The second-order valence-corrected chi connectivity index (χ2v) is 7.42. The Kier molecular flexibility index (Phi) is 4.36. The molecule has 1 aromatic carbocycles. The average Bonchev–Trinajstić information content (AvgIpc) is 3.39. The number of aliphatic hydroxyl groups excluding tert-OH is 3. The van der Waals surface area contributed by atoms with Crippen molar-refractivity contribution < 1.29 is 20.1 Å². The van der Waals surface area contributed by atoms with E-state index in [0.717, 1.165) is 12.8 Å². The van der Waals surface area contributed by atoms with E-state index < -0.39 is 31.1 Å². The van der Waals surface area contributed by atoms with E-state index >= 15 is 0 Å². The van der Waals surface area contributed by atoms with Gasteiger partial charge in [0.15, 0.2) is 23.2 Å². The van der Waals surface area contributed by atoms with Gasteiger partial charge in [0, 0.05) is 0 Å². The molecule has 5 rings (SSSR count). The van der Waals surface area contributed by atoms with Gasteiger partial charge < -0.3 is 31.1 Å². The minimum absolute atomic E-state index is 0.0553. The molecular weight excluding hydrogens is 376 g/mol. The monoisotopic (exact) mass is 398 g/mol. The van der Waals surface area contributed by atoms with E-state index in [1.807, 2.05) is 12.1 Å². The van der Waals surface area contributed by atoms with Gasteiger partial charge in [0.25, 0.3) is 0 Å². The summed E-state index contributed by atoms with van der Waals surface area (Å²) < 4.78 is 7.10. The summed E-state index contributed by atoms with van der Waals surface area (Å²) >= 11 is 0. The molecule has 3 aromatic rings. The Balaban J connectivity index is 1.51. The lowest BCUT2D eigenvalue weighted by Crippen LogP contribution is -2.33. The van der Waals surface area contributed by atoms with Gasteiger partial charge in [-0.15, -0.1) is 0 Å². The first-order valence-electron chi connectivity index (χ1n) is 9.53. The van der Waals surface area contributed by atoms with E-state index in [-0.39, 0.29) is 12.0 Å². The van der Waals surface area contributed by atoms with Gasteiger partial charge in [0.05, 0.1) is 19.0 Å². The number of fused-ring (bicyclic) bond motifs is 2. The fourth-order valence-corrected chi connectivity index (χ4v) is 4.20. The molecule has 0 bridgehead atoms. The van der Waals surface area contributed by atoms with Gasteiger partial charge in [-0.2, -0.15) is 9.97 Å². The zero-order chi connectivity index (χ0) is 20.1. The molecule has 152 valence electrons. The van der Waals surface area contributed by atoms with Crippen molar-refractivity contribution in [2.24, 2.45) is 0 Å². The van der Waals surface area contributed by atoms with Crippen LogP contribution in [-0.2, 0) is 11.2 Å². The van der Waals surface area contributed by atoms with Crippen LogP contribution in [0.5, 0.6) is 0 Å². The summed E-state index contributed by atoms with van der Waals surface area (Å²) in [5.74, 6) is 0.555. The predicted octanol–water partition coefficient (Wildman–Crippen LogP) is 0.119. The van der Waals surface area contributed by atoms with Gasteiger partial charge in [-0.3, -0.25) is 4.57 Å². The summed E-state index contributed by atoms with van der Waals surface area (Å²) in [7, 11) is 0. The zero-order valence-electron chi connectivity index (χ0n) is 15.5. The maximum Gasteiger partial charge on any atom is 0.224 e. The number of ether oxygens (including phenoxy) is 1. The molecular formula is C19H22N6O4. The Morgan fingerprint density at radius 2 is 2.03 bits per heavy atom. The zero-order valence-corrected chi connectivity index (χ0v) is 15.5. The highest BCUT2D eigenvalue weighted by Crippen LogP contribution is 2.36. The number of rotatable bonds is 4. The Labute approximate surface area is 166 Å². The molecule has 1 saturated heterocycles. The molecule has 10 nitrogen and oxygen atoms in total. The van der Waals surface area contributed by atoms with E-state index in [1.165, 1.54) is 22.0 Å². The van der Waals surface area contributed by atoms with Gasteiger partial charge in [-0.05, 0) is 24.0 Å². The average molecular weight is 398 g/mol. The number of benzene rings is 1. The molecule has 29 heavy (non-hydrogen) atoms. The highest BCUT2D eigenvalue weighted by atomic mass is 16.6. The number of hydrogen-bond donors (Lipinski definition) is 5. The fraction of sp³-hybridized carbons (Fsp3) is 0.421. The van der Waals surface area contributed by atoms with E-state index in [1.54, 1.807) is 0 Å². The fourth-order valence-electron chi connectivity index (χ4n) is 4.20. The van der Waals surface area contributed by atoms with Crippen LogP contribution in [0.3, 0.4) is 0 Å². The lowest BCUT2D eigenvalue weighted by molar-refractivity contribution is -0.0511. The third-order valence-electron chi connectivity index (χ3n) is 5.67.